The van der Waals surface area contributed by atoms with Crippen LogP contribution in [-0.4, -0.2) is 11.5 Å². The minimum atomic E-state index is -0.117. The molecule has 14 rings (SSSR count). The molecule has 11 aromatic carbocycles. The van der Waals surface area contributed by atoms with Crippen molar-refractivity contribution >= 4 is 98.5 Å². The molecule has 0 radical (unpaired) electrons. The summed E-state index contributed by atoms with van der Waals surface area (Å²) in [7, 11) is 0. The van der Waals surface area contributed by atoms with E-state index in [-0.39, 0.29) is 12.0 Å². The number of hydrogen-bond acceptors (Lipinski definition) is 4. The highest BCUT2D eigenvalue weighted by Gasteiger charge is 2.29. The lowest BCUT2D eigenvalue weighted by molar-refractivity contribution is 0.536. The number of furan rings is 2. The number of nitrogens with zero attached hydrogens (tertiary/aromatic N) is 2. The Morgan fingerprint density at radius 3 is 1.83 bits per heavy atom. The van der Waals surface area contributed by atoms with Crippen LogP contribution in [0.3, 0.4) is 0 Å². The fraction of sp³-hybridized carbons (Fsp3) is 0.0769. The summed E-state index contributed by atoms with van der Waals surface area (Å²) in [4.78, 5) is 11.6. The molecule has 4 nitrogen and oxygen atoms in total. The molecular formula is C65H44N2O2. The van der Waals surface area contributed by atoms with Gasteiger partial charge >= 0.3 is 0 Å². The molecule has 0 bridgehead atoms. The lowest BCUT2D eigenvalue weighted by Crippen LogP contribution is -2.18. The second-order valence-corrected chi connectivity index (χ2v) is 18.6. The lowest BCUT2D eigenvalue weighted by Gasteiger charge is -2.21. The molecule has 2 unspecified atom stereocenters. The zero-order valence-corrected chi connectivity index (χ0v) is 38.0. The maximum atomic E-state index is 6.96. The molecule has 13 aromatic rings. The molecule has 326 valence electrons. The first-order chi connectivity index (χ1) is 34.1. The van der Waals surface area contributed by atoms with Gasteiger partial charge in [-0.05, 0) is 109 Å². The number of amidine groups is 1. The number of aliphatic imine (C=N–C) groups is 2. The van der Waals surface area contributed by atoms with Gasteiger partial charge in [-0.3, -0.25) is 4.99 Å². The molecule has 0 aliphatic carbocycles. The summed E-state index contributed by atoms with van der Waals surface area (Å²) in [6, 6.07) is 76.2. The molecule has 0 saturated heterocycles. The monoisotopic (exact) mass is 884 g/mol. The van der Waals surface area contributed by atoms with E-state index in [1.165, 1.54) is 43.4 Å². The molecule has 4 heteroatoms. The Labute approximate surface area is 398 Å². The lowest BCUT2D eigenvalue weighted by atomic mass is 9.84. The smallest absolute Gasteiger partial charge is 0.155 e. The van der Waals surface area contributed by atoms with Crippen LogP contribution in [0.4, 0.5) is 0 Å². The van der Waals surface area contributed by atoms with Crippen LogP contribution in [0.2, 0.25) is 0 Å². The minimum Gasteiger partial charge on any atom is -0.455 e. The van der Waals surface area contributed by atoms with Crippen LogP contribution in [0.15, 0.2) is 231 Å². The molecule has 0 saturated carbocycles. The Morgan fingerprint density at radius 2 is 1.01 bits per heavy atom. The normalized spacial score (nSPS) is 15.5. The molecule has 69 heavy (non-hydrogen) atoms. The van der Waals surface area contributed by atoms with Crippen LogP contribution < -0.4 is 0 Å². The molecule has 3 heterocycles. The second kappa shape index (κ2) is 15.8. The quantitative estimate of drug-likeness (QED) is 0.156. The first-order valence-corrected chi connectivity index (χ1v) is 24.1. The van der Waals surface area contributed by atoms with Crippen LogP contribution >= 0.6 is 0 Å². The molecule has 1 aliphatic heterocycles. The SMILES string of the molecule is CCC1CC(c2ccc3ccccc3c2)N=C(c2cc(-c3cccc4oc5c(-c6cccc7c6oc6ccccc67)cccc5c34)c3ccccc3c2)N=C1c1cc2ccccc2c2ccccc12. The van der Waals surface area contributed by atoms with Gasteiger partial charge in [0.2, 0.25) is 0 Å². The number of fused-ring (bicyclic) bond motifs is 11. The topological polar surface area (TPSA) is 51.0 Å². The third kappa shape index (κ3) is 6.36. The minimum absolute atomic E-state index is 0.117. The summed E-state index contributed by atoms with van der Waals surface area (Å²) >= 11 is 0. The highest BCUT2D eigenvalue weighted by Crippen LogP contribution is 2.45. The second-order valence-electron chi connectivity index (χ2n) is 18.6. The van der Waals surface area contributed by atoms with Crippen molar-refractivity contribution in [3.8, 4) is 22.3 Å². The Kier molecular flexibility index (Phi) is 9.03. The van der Waals surface area contributed by atoms with Gasteiger partial charge in [-0.15, -0.1) is 0 Å². The average Bonchev–Trinajstić information content (AvgIpc) is 3.93. The van der Waals surface area contributed by atoms with E-state index in [9.17, 15) is 0 Å². The van der Waals surface area contributed by atoms with Crippen molar-refractivity contribution in [3.63, 3.8) is 0 Å². The first kappa shape index (κ1) is 39.6. The standard InChI is InChI=1S/C65H44N2O2/c1-2-39-38-58(44-33-32-40-16-3-4-17-41(40)34-44)66-65(67-62(39)57-36-43-19-6-7-20-46(43)48-22-9-10-23-49(48)57)45-35-42-18-5-8-21-47(42)56(37-45)51-25-15-31-60-61(51)55-29-14-28-54(64(55)69-60)53-27-13-26-52-50-24-11-12-30-59(50)68-63(52)53/h3-37,39,58H,2,38H2,1H3. The maximum absolute atomic E-state index is 6.96. The van der Waals surface area contributed by atoms with Crippen LogP contribution in [0.5, 0.6) is 0 Å². The third-order valence-corrected chi connectivity index (χ3v) is 14.7. The molecule has 2 aromatic heterocycles. The highest BCUT2D eigenvalue weighted by atomic mass is 16.3. The molecule has 1 aliphatic rings. The van der Waals surface area contributed by atoms with E-state index in [0.29, 0.717) is 0 Å². The van der Waals surface area contributed by atoms with Crippen LogP contribution in [0.1, 0.15) is 42.5 Å². The summed E-state index contributed by atoms with van der Waals surface area (Å²) in [5, 5.41) is 14.0. The van der Waals surface area contributed by atoms with Gasteiger partial charge in [-0.2, -0.15) is 0 Å². The van der Waals surface area contributed by atoms with E-state index < -0.39 is 0 Å². The van der Waals surface area contributed by atoms with Crippen molar-refractivity contribution in [2.75, 3.05) is 0 Å². The van der Waals surface area contributed by atoms with E-state index in [2.05, 4.69) is 207 Å². The summed E-state index contributed by atoms with van der Waals surface area (Å²) in [5.74, 6) is 0.895. The number of para-hydroxylation sites is 3. The summed E-state index contributed by atoms with van der Waals surface area (Å²) in [6.07, 6.45) is 1.77. The van der Waals surface area contributed by atoms with Crippen molar-refractivity contribution in [2.24, 2.45) is 15.9 Å². The van der Waals surface area contributed by atoms with Crippen molar-refractivity contribution < 1.29 is 8.83 Å². The predicted octanol–water partition coefficient (Wildman–Crippen LogP) is 17.8. The molecule has 0 amide bonds. The highest BCUT2D eigenvalue weighted by molar-refractivity contribution is 6.24. The molecule has 0 fully saturated rings. The summed E-state index contributed by atoms with van der Waals surface area (Å²) < 4.78 is 13.5. The fourth-order valence-corrected chi connectivity index (χ4v) is 11.4. The third-order valence-electron chi connectivity index (χ3n) is 14.7. The van der Waals surface area contributed by atoms with Crippen LogP contribution in [-0.2, 0) is 0 Å². The average molecular weight is 885 g/mol. The van der Waals surface area contributed by atoms with E-state index >= 15 is 0 Å². The van der Waals surface area contributed by atoms with Gasteiger partial charge in [0.1, 0.15) is 22.3 Å². The van der Waals surface area contributed by atoms with E-state index in [1.807, 2.05) is 12.1 Å². The van der Waals surface area contributed by atoms with Crippen molar-refractivity contribution in [1.29, 1.82) is 0 Å². The Morgan fingerprint density at radius 1 is 0.420 bits per heavy atom. The molecular weight excluding hydrogens is 841 g/mol. The Hall–Kier alpha value is -8.60. The van der Waals surface area contributed by atoms with E-state index in [1.54, 1.807) is 0 Å². The molecule has 2 atom stereocenters. The zero-order valence-electron chi connectivity index (χ0n) is 38.0. The van der Waals surface area contributed by atoms with Crippen molar-refractivity contribution in [2.45, 2.75) is 25.8 Å². The van der Waals surface area contributed by atoms with Gasteiger partial charge in [-0.25, -0.2) is 4.99 Å². The number of benzene rings is 11. The molecule has 0 spiro atoms. The van der Waals surface area contributed by atoms with Crippen molar-refractivity contribution in [3.05, 3.63) is 229 Å². The summed E-state index contributed by atoms with van der Waals surface area (Å²) in [5.41, 5.74) is 12.1. The first-order valence-electron chi connectivity index (χ1n) is 24.1. The van der Waals surface area contributed by atoms with Crippen molar-refractivity contribution in [1.82, 2.24) is 0 Å². The zero-order chi connectivity index (χ0) is 45.6. The Balaban J connectivity index is 1.000. The van der Waals surface area contributed by atoms with E-state index in [4.69, 9.17) is 18.8 Å². The fourth-order valence-electron chi connectivity index (χ4n) is 11.4. The number of rotatable bonds is 6. The Bertz CT molecular complexity index is 4300. The van der Waals surface area contributed by atoms with Crippen LogP contribution in [0.25, 0.3) is 109 Å². The van der Waals surface area contributed by atoms with Crippen LogP contribution in [0, 0.1) is 5.92 Å². The van der Waals surface area contributed by atoms with Gasteiger partial charge in [0, 0.05) is 49.7 Å². The largest absolute Gasteiger partial charge is 0.455 e. The molecule has 0 N–H and O–H groups in total. The summed E-state index contributed by atoms with van der Waals surface area (Å²) in [6.45, 7) is 2.30. The van der Waals surface area contributed by atoms with Gasteiger partial charge < -0.3 is 8.83 Å². The van der Waals surface area contributed by atoms with Gasteiger partial charge in [0.25, 0.3) is 0 Å². The maximum Gasteiger partial charge on any atom is 0.155 e. The van der Waals surface area contributed by atoms with Gasteiger partial charge in [0.15, 0.2) is 5.84 Å². The predicted molar refractivity (Wildman–Crippen MR) is 289 cm³/mol. The van der Waals surface area contributed by atoms with E-state index in [0.717, 1.165) is 107 Å². The van der Waals surface area contributed by atoms with Gasteiger partial charge in [0.05, 0.1) is 11.8 Å². The van der Waals surface area contributed by atoms with Gasteiger partial charge in [-0.1, -0.05) is 183 Å². The number of hydrogen-bond donors (Lipinski definition) is 0.